The number of nitrogens with two attached hydrogens (primary N) is 1. The number of pyridine rings is 1. The Labute approximate surface area is 104 Å². The normalized spacial score (nSPS) is 10.4. The van der Waals surface area contributed by atoms with E-state index in [9.17, 15) is 0 Å². The van der Waals surface area contributed by atoms with Crippen molar-refractivity contribution in [2.45, 2.75) is 0 Å². The molecule has 0 unspecified atom stereocenters. The first-order valence-electron chi connectivity index (χ1n) is 5.50. The zero-order valence-electron chi connectivity index (χ0n) is 9.54. The fourth-order valence-corrected chi connectivity index (χ4v) is 1.73. The van der Waals surface area contributed by atoms with Crippen LogP contribution in [-0.4, -0.2) is 15.0 Å². The lowest BCUT2D eigenvalue weighted by atomic mass is 10.2. The minimum absolute atomic E-state index is 0.432. The van der Waals surface area contributed by atoms with Crippen LogP contribution in [0.3, 0.4) is 0 Å². The first-order valence-corrected chi connectivity index (χ1v) is 5.50. The molecular formula is C13H11N5. The fourth-order valence-electron chi connectivity index (χ4n) is 1.73. The average Bonchev–Trinajstić information content (AvgIpc) is 2.39. The van der Waals surface area contributed by atoms with Crippen LogP contribution in [0.15, 0.2) is 48.9 Å². The van der Waals surface area contributed by atoms with Crippen LogP contribution in [0.4, 0.5) is 17.3 Å². The lowest BCUT2D eigenvalue weighted by Crippen LogP contribution is -1.97. The summed E-state index contributed by atoms with van der Waals surface area (Å²) in [5.74, 6) is 1.08. The minimum Gasteiger partial charge on any atom is -0.384 e. The summed E-state index contributed by atoms with van der Waals surface area (Å²) in [6.45, 7) is 0. The highest BCUT2D eigenvalue weighted by Crippen LogP contribution is 2.19. The van der Waals surface area contributed by atoms with Crippen molar-refractivity contribution in [2.75, 3.05) is 11.1 Å². The van der Waals surface area contributed by atoms with Gasteiger partial charge in [-0.15, -0.1) is 0 Å². The molecule has 18 heavy (non-hydrogen) atoms. The smallest absolute Gasteiger partial charge is 0.135 e. The number of hydrogen-bond acceptors (Lipinski definition) is 5. The van der Waals surface area contributed by atoms with Gasteiger partial charge >= 0.3 is 0 Å². The maximum atomic E-state index is 5.60. The van der Waals surface area contributed by atoms with Gasteiger partial charge in [0.1, 0.15) is 18.0 Å². The van der Waals surface area contributed by atoms with Crippen LogP contribution in [0.25, 0.3) is 10.9 Å². The number of nitrogen functional groups attached to an aromatic ring is 1. The van der Waals surface area contributed by atoms with E-state index >= 15 is 0 Å². The summed E-state index contributed by atoms with van der Waals surface area (Å²) in [4.78, 5) is 12.3. The Morgan fingerprint density at radius 3 is 2.78 bits per heavy atom. The summed E-state index contributed by atoms with van der Waals surface area (Å²) >= 11 is 0. The predicted molar refractivity (Wildman–Crippen MR) is 71.5 cm³/mol. The van der Waals surface area contributed by atoms with Crippen molar-refractivity contribution in [1.82, 2.24) is 15.0 Å². The van der Waals surface area contributed by atoms with Crippen molar-refractivity contribution in [2.24, 2.45) is 0 Å². The highest BCUT2D eigenvalue weighted by atomic mass is 15.0. The van der Waals surface area contributed by atoms with Gasteiger partial charge in [0.15, 0.2) is 0 Å². The van der Waals surface area contributed by atoms with E-state index in [2.05, 4.69) is 20.3 Å². The van der Waals surface area contributed by atoms with Crippen LogP contribution in [0.2, 0.25) is 0 Å². The van der Waals surface area contributed by atoms with Gasteiger partial charge in [-0.25, -0.2) is 9.97 Å². The molecule has 0 bridgehead atoms. The maximum absolute atomic E-state index is 5.60. The van der Waals surface area contributed by atoms with Gasteiger partial charge in [0.05, 0.1) is 17.4 Å². The standard InChI is InChI=1S/C13H11N5/c14-12-6-13(17-8-16-12)18-10-5-9-3-1-2-4-11(9)15-7-10/h1-8H,(H3,14,16,17,18). The third kappa shape index (κ3) is 2.06. The second-order valence-electron chi connectivity index (χ2n) is 3.87. The van der Waals surface area contributed by atoms with Gasteiger partial charge in [0.25, 0.3) is 0 Å². The van der Waals surface area contributed by atoms with E-state index in [0.29, 0.717) is 11.6 Å². The molecule has 88 valence electrons. The monoisotopic (exact) mass is 237 g/mol. The van der Waals surface area contributed by atoms with Crippen LogP contribution in [0.1, 0.15) is 0 Å². The van der Waals surface area contributed by atoms with E-state index in [1.165, 1.54) is 6.33 Å². The van der Waals surface area contributed by atoms with Gasteiger partial charge in [-0.3, -0.25) is 4.98 Å². The largest absolute Gasteiger partial charge is 0.384 e. The number of hydrogen-bond donors (Lipinski definition) is 2. The van der Waals surface area contributed by atoms with E-state index in [0.717, 1.165) is 16.6 Å². The molecule has 0 fully saturated rings. The minimum atomic E-state index is 0.432. The number of benzene rings is 1. The third-order valence-corrected chi connectivity index (χ3v) is 2.55. The molecule has 0 atom stereocenters. The molecule has 0 aliphatic carbocycles. The van der Waals surface area contributed by atoms with Gasteiger partial charge in [0.2, 0.25) is 0 Å². The summed E-state index contributed by atoms with van der Waals surface area (Å²) in [6, 6.07) is 11.6. The number of rotatable bonds is 2. The summed E-state index contributed by atoms with van der Waals surface area (Å²) in [5.41, 5.74) is 7.43. The van der Waals surface area contributed by atoms with E-state index < -0.39 is 0 Å². The van der Waals surface area contributed by atoms with E-state index in [-0.39, 0.29) is 0 Å². The molecule has 0 saturated carbocycles. The number of fused-ring (bicyclic) bond motifs is 1. The van der Waals surface area contributed by atoms with E-state index in [4.69, 9.17) is 5.73 Å². The first-order chi connectivity index (χ1) is 8.81. The Bertz CT molecular complexity index is 696. The molecule has 3 rings (SSSR count). The molecule has 3 N–H and O–H groups in total. The summed E-state index contributed by atoms with van der Waals surface area (Å²) in [5, 5.41) is 4.22. The molecule has 0 radical (unpaired) electrons. The molecule has 0 amide bonds. The SMILES string of the molecule is Nc1cc(Nc2cnc3ccccc3c2)ncn1. The summed E-state index contributed by atoms with van der Waals surface area (Å²) in [7, 11) is 0. The third-order valence-electron chi connectivity index (χ3n) is 2.55. The molecule has 5 nitrogen and oxygen atoms in total. The van der Waals surface area contributed by atoms with E-state index in [1.54, 1.807) is 12.3 Å². The predicted octanol–water partition coefficient (Wildman–Crippen LogP) is 2.35. The van der Waals surface area contributed by atoms with Gasteiger partial charge < -0.3 is 11.1 Å². The molecule has 2 aromatic heterocycles. The number of nitrogens with zero attached hydrogens (tertiary/aromatic N) is 3. The Kier molecular flexibility index (Phi) is 2.49. The molecule has 3 aromatic rings. The van der Waals surface area contributed by atoms with Crippen molar-refractivity contribution in [3.05, 3.63) is 48.9 Å². The van der Waals surface area contributed by atoms with Crippen LogP contribution < -0.4 is 11.1 Å². The maximum Gasteiger partial charge on any atom is 0.135 e. The van der Waals surface area contributed by atoms with Gasteiger partial charge in [-0.1, -0.05) is 18.2 Å². The van der Waals surface area contributed by atoms with Crippen molar-refractivity contribution in [3.8, 4) is 0 Å². The highest BCUT2D eigenvalue weighted by molar-refractivity contribution is 5.82. The van der Waals surface area contributed by atoms with Crippen molar-refractivity contribution in [3.63, 3.8) is 0 Å². The fraction of sp³-hybridized carbons (Fsp3) is 0. The molecule has 1 aromatic carbocycles. The molecule has 5 heteroatoms. The summed E-state index contributed by atoms with van der Waals surface area (Å²) in [6.07, 6.45) is 3.19. The average molecular weight is 237 g/mol. The number of aromatic nitrogens is 3. The Balaban J connectivity index is 1.95. The first kappa shape index (κ1) is 10.5. The van der Waals surface area contributed by atoms with Gasteiger partial charge in [-0.05, 0) is 12.1 Å². The number of anilines is 3. The van der Waals surface area contributed by atoms with Crippen LogP contribution >= 0.6 is 0 Å². The molecule has 0 spiro atoms. The molecular weight excluding hydrogens is 226 g/mol. The molecule has 0 saturated heterocycles. The quantitative estimate of drug-likeness (QED) is 0.715. The van der Waals surface area contributed by atoms with Crippen molar-refractivity contribution >= 4 is 28.2 Å². The van der Waals surface area contributed by atoms with Crippen molar-refractivity contribution in [1.29, 1.82) is 0 Å². The van der Waals surface area contributed by atoms with Crippen molar-refractivity contribution < 1.29 is 0 Å². The topological polar surface area (TPSA) is 76.7 Å². The summed E-state index contributed by atoms with van der Waals surface area (Å²) < 4.78 is 0. The van der Waals surface area contributed by atoms with Crippen LogP contribution in [-0.2, 0) is 0 Å². The second-order valence-corrected chi connectivity index (χ2v) is 3.87. The van der Waals surface area contributed by atoms with Gasteiger partial charge in [0, 0.05) is 11.5 Å². The lowest BCUT2D eigenvalue weighted by Gasteiger charge is -2.06. The molecule has 0 aliphatic rings. The number of nitrogens with one attached hydrogen (secondary N) is 1. The van der Waals surface area contributed by atoms with Crippen LogP contribution in [0, 0.1) is 0 Å². The second kappa shape index (κ2) is 4.29. The molecule has 2 heterocycles. The van der Waals surface area contributed by atoms with E-state index in [1.807, 2.05) is 30.3 Å². The zero-order valence-corrected chi connectivity index (χ0v) is 9.54. The Hall–Kier alpha value is -2.69. The Morgan fingerprint density at radius 2 is 1.89 bits per heavy atom. The molecule has 0 aliphatic heterocycles. The number of para-hydroxylation sites is 1. The lowest BCUT2D eigenvalue weighted by molar-refractivity contribution is 1.17. The highest BCUT2D eigenvalue weighted by Gasteiger charge is 1.99. The van der Waals surface area contributed by atoms with Crippen LogP contribution in [0.5, 0.6) is 0 Å². The van der Waals surface area contributed by atoms with Gasteiger partial charge in [-0.2, -0.15) is 0 Å². The zero-order chi connectivity index (χ0) is 12.4. The Morgan fingerprint density at radius 1 is 1.00 bits per heavy atom.